The molecule has 2 aliphatic rings. The SMILES string of the molecule is CN1C(=O)[C@@]2(c3ccccc31)[C@H](C(=O)C=[N+]=[N-])C2(C)C. The van der Waals surface area contributed by atoms with Crippen molar-refractivity contribution < 1.29 is 14.4 Å². The molecule has 1 aliphatic heterocycles. The highest BCUT2D eigenvalue weighted by atomic mass is 16.2. The van der Waals surface area contributed by atoms with Crippen LogP contribution in [0.3, 0.4) is 0 Å². The number of likely N-dealkylation sites (N-methyl/N-ethyl adjacent to an activating group) is 1. The number of fused-ring (bicyclic) bond motifs is 2. The average Bonchev–Trinajstić information content (AvgIpc) is 2.86. The van der Waals surface area contributed by atoms with Crippen LogP contribution in [0, 0.1) is 11.3 Å². The molecule has 2 atom stereocenters. The maximum atomic E-state index is 12.7. The molecule has 0 aromatic heterocycles. The zero-order valence-electron chi connectivity index (χ0n) is 11.6. The van der Waals surface area contributed by atoms with E-state index in [9.17, 15) is 9.59 Å². The van der Waals surface area contributed by atoms with E-state index in [0.717, 1.165) is 17.5 Å². The lowest BCUT2D eigenvalue weighted by Crippen LogP contribution is -2.32. The standard InChI is InChI=1S/C15H15N3O2/c1-14(2)12(11(19)8-17-16)15(14)9-6-4-5-7-10(9)18(3)13(15)20/h4-8,12H,1-3H3/t12-,15-/m1/s1. The first-order valence-corrected chi connectivity index (χ1v) is 6.49. The Morgan fingerprint density at radius 3 is 2.70 bits per heavy atom. The van der Waals surface area contributed by atoms with Gasteiger partial charge in [0.25, 0.3) is 0 Å². The number of carbonyl (C=O) groups excluding carboxylic acids is 2. The van der Waals surface area contributed by atoms with Gasteiger partial charge in [0.1, 0.15) is 0 Å². The maximum absolute atomic E-state index is 12.7. The first-order valence-electron chi connectivity index (χ1n) is 6.49. The predicted molar refractivity (Wildman–Crippen MR) is 73.5 cm³/mol. The van der Waals surface area contributed by atoms with Crippen molar-refractivity contribution in [3.63, 3.8) is 0 Å². The second-order valence-corrected chi connectivity index (χ2v) is 5.99. The Morgan fingerprint density at radius 2 is 2.05 bits per heavy atom. The van der Waals surface area contributed by atoms with Crippen molar-refractivity contribution in [2.24, 2.45) is 11.3 Å². The summed E-state index contributed by atoms with van der Waals surface area (Å²) in [5.74, 6) is -0.853. The monoisotopic (exact) mass is 269 g/mol. The number of anilines is 1. The summed E-state index contributed by atoms with van der Waals surface area (Å²) in [6.45, 7) is 3.82. The van der Waals surface area contributed by atoms with Gasteiger partial charge in [-0.15, -0.1) is 0 Å². The molecule has 1 aliphatic carbocycles. The topological polar surface area (TPSA) is 73.8 Å². The summed E-state index contributed by atoms with van der Waals surface area (Å²) in [5, 5.41) is 0. The molecule has 0 unspecified atom stereocenters. The van der Waals surface area contributed by atoms with Gasteiger partial charge in [0, 0.05) is 12.7 Å². The number of nitrogens with zero attached hydrogens (tertiary/aromatic N) is 3. The number of para-hydroxylation sites is 1. The molecular weight excluding hydrogens is 254 g/mol. The minimum Gasteiger partial charge on any atom is -0.361 e. The molecule has 3 rings (SSSR count). The smallest absolute Gasteiger partial charge is 0.323 e. The minimum atomic E-state index is -0.823. The van der Waals surface area contributed by atoms with Gasteiger partial charge in [-0.3, -0.25) is 9.59 Å². The van der Waals surface area contributed by atoms with E-state index in [1.165, 1.54) is 0 Å². The van der Waals surface area contributed by atoms with Crippen LogP contribution in [0.2, 0.25) is 0 Å². The third kappa shape index (κ3) is 1.14. The Morgan fingerprint density at radius 1 is 1.40 bits per heavy atom. The molecule has 1 heterocycles. The highest BCUT2D eigenvalue weighted by Crippen LogP contribution is 2.73. The number of Topliss-reactive ketones (excluding diaryl/α,β-unsaturated/α-hetero) is 1. The van der Waals surface area contributed by atoms with Gasteiger partial charge in [-0.05, 0) is 17.0 Å². The largest absolute Gasteiger partial charge is 0.361 e. The van der Waals surface area contributed by atoms with E-state index >= 15 is 0 Å². The van der Waals surface area contributed by atoms with Crippen LogP contribution >= 0.6 is 0 Å². The summed E-state index contributed by atoms with van der Waals surface area (Å²) in [6, 6.07) is 7.55. The Hall–Kier alpha value is -2.26. The van der Waals surface area contributed by atoms with Gasteiger partial charge in [-0.2, -0.15) is 4.79 Å². The molecular formula is C15H15N3O2. The van der Waals surface area contributed by atoms with E-state index in [1.807, 2.05) is 38.1 Å². The summed E-state index contributed by atoms with van der Waals surface area (Å²) in [7, 11) is 1.73. The molecule has 0 bridgehead atoms. The summed E-state index contributed by atoms with van der Waals surface area (Å²) >= 11 is 0. The van der Waals surface area contributed by atoms with Crippen LogP contribution in [0.25, 0.3) is 5.53 Å². The van der Waals surface area contributed by atoms with Crippen LogP contribution in [-0.4, -0.2) is 29.7 Å². The fraction of sp³-hybridized carbons (Fsp3) is 0.400. The molecule has 1 spiro atoms. The van der Waals surface area contributed by atoms with E-state index in [1.54, 1.807) is 11.9 Å². The van der Waals surface area contributed by atoms with Gasteiger partial charge < -0.3 is 10.4 Å². The maximum Gasteiger partial charge on any atom is 0.323 e. The first kappa shape index (κ1) is 12.8. The number of hydrogen-bond acceptors (Lipinski definition) is 2. The van der Waals surface area contributed by atoms with E-state index < -0.39 is 16.7 Å². The van der Waals surface area contributed by atoms with Crippen LogP contribution in [0.1, 0.15) is 19.4 Å². The normalized spacial score (nSPS) is 29.1. The highest BCUT2D eigenvalue weighted by molar-refractivity contribution is 6.31. The zero-order valence-corrected chi connectivity index (χ0v) is 11.6. The third-order valence-corrected chi connectivity index (χ3v) is 4.89. The van der Waals surface area contributed by atoms with Gasteiger partial charge in [0.2, 0.25) is 11.7 Å². The number of hydrogen-bond donors (Lipinski definition) is 0. The van der Waals surface area contributed by atoms with Gasteiger partial charge in [0.05, 0.1) is 11.3 Å². The van der Waals surface area contributed by atoms with Crippen LogP contribution in [0.4, 0.5) is 5.69 Å². The van der Waals surface area contributed by atoms with Gasteiger partial charge in [-0.25, -0.2) is 0 Å². The lowest BCUT2D eigenvalue weighted by molar-refractivity contribution is -0.123. The zero-order chi connectivity index (χ0) is 14.7. The van der Waals surface area contributed by atoms with Crippen molar-refractivity contribution in [3.8, 4) is 0 Å². The van der Waals surface area contributed by atoms with E-state index in [-0.39, 0.29) is 11.7 Å². The molecule has 102 valence electrons. The summed E-state index contributed by atoms with van der Waals surface area (Å²) in [4.78, 5) is 29.3. The quantitative estimate of drug-likeness (QED) is 0.462. The van der Waals surface area contributed by atoms with Crippen LogP contribution in [0.15, 0.2) is 24.3 Å². The summed E-state index contributed by atoms with van der Waals surface area (Å²) < 4.78 is 0. The average molecular weight is 269 g/mol. The highest BCUT2D eigenvalue weighted by Gasteiger charge is 2.81. The van der Waals surface area contributed by atoms with E-state index in [2.05, 4.69) is 4.79 Å². The van der Waals surface area contributed by atoms with Crippen LogP contribution < -0.4 is 4.90 Å². The van der Waals surface area contributed by atoms with Crippen molar-refractivity contribution in [2.45, 2.75) is 19.3 Å². The molecule has 5 nitrogen and oxygen atoms in total. The number of rotatable bonds is 2. The van der Waals surface area contributed by atoms with Crippen molar-refractivity contribution in [2.75, 3.05) is 11.9 Å². The molecule has 0 radical (unpaired) electrons. The Balaban J connectivity index is 2.22. The molecule has 0 saturated heterocycles. The van der Waals surface area contributed by atoms with E-state index in [4.69, 9.17) is 5.53 Å². The molecule has 5 heteroatoms. The third-order valence-electron chi connectivity index (χ3n) is 4.89. The summed E-state index contributed by atoms with van der Waals surface area (Å²) in [6.07, 6.45) is 0.898. The minimum absolute atomic E-state index is 0.0617. The van der Waals surface area contributed by atoms with Crippen molar-refractivity contribution in [1.29, 1.82) is 0 Å². The number of amides is 1. The van der Waals surface area contributed by atoms with Crippen molar-refractivity contribution >= 4 is 23.6 Å². The first-order chi connectivity index (χ1) is 9.40. The van der Waals surface area contributed by atoms with Crippen LogP contribution in [0.5, 0.6) is 0 Å². The van der Waals surface area contributed by atoms with Crippen LogP contribution in [-0.2, 0) is 15.0 Å². The van der Waals surface area contributed by atoms with Gasteiger partial charge in [-0.1, -0.05) is 32.0 Å². The lowest BCUT2D eigenvalue weighted by atomic mass is 9.89. The van der Waals surface area contributed by atoms with Gasteiger partial charge in [0.15, 0.2) is 0 Å². The molecule has 1 aromatic carbocycles. The Labute approximate surface area is 116 Å². The van der Waals surface area contributed by atoms with Crippen molar-refractivity contribution in [1.82, 2.24) is 0 Å². The number of benzene rings is 1. The molecule has 0 N–H and O–H groups in total. The molecule has 1 fully saturated rings. The Kier molecular flexibility index (Phi) is 2.32. The van der Waals surface area contributed by atoms with E-state index in [0.29, 0.717) is 0 Å². The second kappa shape index (κ2) is 3.64. The summed E-state index contributed by atoms with van der Waals surface area (Å²) in [5.41, 5.74) is 9.02. The van der Waals surface area contributed by atoms with Crippen molar-refractivity contribution in [3.05, 3.63) is 35.4 Å². The lowest BCUT2D eigenvalue weighted by Gasteiger charge is -2.13. The molecule has 1 amide bonds. The fourth-order valence-corrected chi connectivity index (χ4v) is 3.95. The predicted octanol–water partition coefficient (Wildman–Crippen LogP) is 1.43. The fourth-order valence-electron chi connectivity index (χ4n) is 3.95. The molecule has 20 heavy (non-hydrogen) atoms. The number of carbonyl (C=O) groups is 2. The number of ketones is 1. The molecule has 1 saturated carbocycles. The molecule has 1 aromatic rings. The second-order valence-electron chi connectivity index (χ2n) is 5.99. The van der Waals surface area contributed by atoms with Gasteiger partial charge >= 0.3 is 6.21 Å². The Bertz CT molecular complexity index is 688.